The van der Waals surface area contributed by atoms with Gasteiger partial charge in [0.15, 0.2) is 0 Å². The van der Waals surface area contributed by atoms with Gasteiger partial charge in [0, 0.05) is 24.5 Å². The van der Waals surface area contributed by atoms with Crippen LogP contribution in [0.15, 0.2) is 24.3 Å². The van der Waals surface area contributed by atoms with E-state index in [4.69, 9.17) is 16.3 Å². The average Bonchev–Trinajstić information content (AvgIpc) is 2.38. The second-order valence-corrected chi connectivity index (χ2v) is 4.50. The lowest BCUT2D eigenvalue weighted by atomic mass is 10.2. The van der Waals surface area contributed by atoms with Crippen LogP contribution in [0.25, 0.3) is 0 Å². The maximum absolute atomic E-state index is 11.2. The van der Waals surface area contributed by atoms with Crippen LogP contribution in [0.1, 0.15) is 31.7 Å². The molecule has 3 nitrogen and oxygen atoms in total. The van der Waals surface area contributed by atoms with E-state index in [-0.39, 0.29) is 5.97 Å². The van der Waals surface area contributed by atoms with E-state index in [0.29, 0.717) is 26.1 Å². The van der Waals surface area contributed by atoms with Crippen molar-refractivity contribution in [3.63, 3.8) is 0 Å². The van der Waals surface area contributed by atoms with Crippen LogP contribution in [-0.2, 0) is 16.1 Å². The Kier molecular flexibility index (Phi) is 7.46. The van der Waals surface area contributed by atoms with Crippen molar-refractivity contribution < 1.29 is 9.53 Å². The lowest BCUT2D eigenvalue weighted by molar-refractivity contribution is -0.143. The molecule has 4 heteroatoms. The van der Waals surface area contributed by atoms with Crippen LogP contribution in [0.5, 0.6) is 0 Å². The SMILES string of the molecule is CCCCC(=O)OCCNCc1ccccc1Cl. The molecule has 1 N–H and O–H groups in total. The Labute approximate surface area is 113 Å². The highest BCUT2D eigenvalue weighted by molar-refractivity contribution is 6.31. The van der Waals surface area contributed by atoms with Gasteiger partial charge in [-0.05, 0) is 18.1 Å². The number of benzene rings is 1. The van der Waals surface area contributed by atoms with E-state index in [0.717, 1.165) is 23.4 Å². The molecule has 1 rings (SSSR count). The Morgan fingerprint density at radius 2 is 2.17 bits per heavy atom. The third kappa shape index (κ3) is 6.03. The Hall–Kier alpha value is -1.06. The van der Waals surface area contributed by atoms with Crippen LogP contribution >= 0.6 is 11.6 Å². The molecular formula is C14H20ClNO2. The third-order valence-electron chi connectivity index (χ3n) is 2.55. The fourth-order valence-electron chi connectivity index (χ4n) is 1.50. The molecule has 1 aromatic rings. The number of nitrogens with one attached hydrogen (secondary N) is 1. The second kappa shape index (κ2) is 8.95. The Morgan fingerprint density at radius 3 is 2.89 bits per heavy atom. The number of carbonyl (C=O) groups is 1. The van der Waals surface area contributed by atoms with Gasteiger partial charge in [-0.3, -0.25) is 4.79 Å². The van der Waals surface area contributed by atoms with Gasteiger partial charge in [0.1, 0.15) is 6.61 Å². The Balaban J connectivity index is 2.09. The van der Waals surface area contributed by atoms with E-state index in [1.165, 1.54) is 0 Å². The van der Waals surface area contributed by atoms with Gasteiger partial charge in [-0.25, -0.2) is 0 Å². The highest BCUT2D eigenvalue weighted by Crippen LogP contribution is 2.13. The fraction of sp³-hybridized carbons (Fsp3) is 0.500. The lowest BCUT2D eigenvalue weighted by Crippen LogP contribution is -2.21. The number of carbonyl (C=O) groups excluding carboxylic acids is 1. The summed E-state index contributed by atoms with van der Waals surface area (Å²) in [6.07, 6.45) is 2.42. The maximum Gasteiger partial charge on any atom is 0.305 e. The van der Waals surface area contributed by atoms with E-state index < -0.39 is 0 Å². The van der Waals surface area contributed by atoms with Crippen LogP contribution < -0.4 is 5.32 Å². The molecule has 0 aliphatic rings. The first-order chi connectivity index (χ1) is 8.74. The monoisotopic (exact) mass is 269 g/mol. The van der Waals surface area contributed by atoms with Crippen molar-refractivity contribution in [3.8, 4) is 0 Å². The molecule has 0 amide bonds. The fourth-order valence-corrected chi connectivity index (χ4v) is 1.70. The number of unbranched alkanes of at least 4 members (excludes halogenated alkanes) is 1. The highest BCUT2D eigenvalue weighted by atomic mass is 35.5. The summed E-state index contributed by atoms with van der Waals surface area (Å²) >= 11 is 6.02. The molecule has 0 atom stereocenters. The van der Waals surface area contributed by atoms with Crippen LogP contribution in [0.4, 0.5) is 0 Å². The molecule has 0 saturated carbocycles. The number of rotatable bonds is 8. The first kappa shape index (κ1) is 15.0. The van der Waals surface area contributed by atoms with Gasteiger partial charge in [0.05, 0.1) is 0 Å². The molecule has 0 bridgehead atoms. The summed E-state index contributed by atoms with van der Waals surface area (Å²) in [5.74, 6) is -0.114. The first-order valence-corrected chi connectivity index (χ1v) is 6.71. The van der Waals surface area contributed by atoms with E-state index in [1.54, 1.807) is 0 Å². The molecule has 1 aromatic carbocycles. The molecule has 0 heterocycles. The topological polar surface area (TPSA) is 38.3 Å². The zero-order chi connectivity index (χ0) is 13.2. The van der Waals surface area contributed by atoms with Gasteiger partial charge in [-0.15, -0.1) is 0 Å². The number of esters is 1. The van der Waals surface area contributed by atoms with Gasteiger partial charge in [-0.1, -0.05) is 43.1 Å². The second-order valence-electron chi connectivity index (χ2n) is 4.09. The zero-order valence-corrected chi connectivity index (χ0v) is 11.5. The number of hydrogen-bond acceptors (Lipinski definition) is 3. The molecule has 0 saturated heterocycles. The number of halogens is 1. The molecule has 18 heavy (non-hydrogen) atoms. The normalized spacial score (nSPS) is 10.3. The smallest absolute Gasteiger partial charge is 0.305 e. The molecule has 0 radical (unpaired) electrons. The van der Waals surface area contributed by atoms with Crippen LogP contribution in [-0.4, -0.2) is 19.1 Å². The van der Waals surface area contributed by atoms with Gasteiger partial charge in [0.2, 0.25) is 0 Å². The van der Waals surface area contributed by atoms with E-state index in [1.807, 2.05) is 24.3 Å². The minimum absolute atomic E-state index is 0.114. The quantitative estimate of drug-likeness (QED) is 0.582. The lowest BCUT2D eigenvalue weighted by Gasteiger charge is -2.07. The Bertz CT molecular complexity index is 369. The van der Waals surface area contributed by atoms with Crippen molar-refractivity contribution in [3.05, 3.63) is 34.9 Å². The summed E-state index contributed by atoms with van der Waals surface area (Å²) in [6, 6.07) is 7.70. The van der Waals surface area contributed by atoms with E-state index in [2.05, 4.69) is 12.2 Å². The minimum Gasteiger partial charge on any atom is -0.464 e. The van der Waals surface area contributed by atoms with Gasteiger partial charge in [0.25, 0.3) is 0 Å². The van der Waals surface area contributed by atoms with E-state index in [9.17, 15) is 4.79 Å². The van der Waals surface area contributed by atoms with Crippen molar-refractivity contribution in [1.29, 1.82) is 0 Å². The summed E-state index contributed by atoms with van der Waals surface area (Å²) in [4.78, 5) is 11.2. The van der Waals surface area contributed by atoms with Crippen molar-refractivity contribution in [2.24, 2.45) is 0 Å². The standard InChI is InChI=1S/C14H20ClNO2/c1-2-3-8-14(17)18-10-9-16-11-12-6-4-5-7-13(12)15/h4-7,16H,2-3,8-11H2,1H3. The molecule has 0 fully saturated rings. The predicted molar refractivity (Wildman–Crippen MR) is 73.6 cm³/mol. The summed E-state index contributed by atoms with van der Waals surface area (Å²) in [7, 11) is 0. The number of ether oxygens (including phenoxy) is 1. The first-order valence-electron chi connectivity index (χ1n) is 6.33. The molecule has 100 valence electrons. The van der Waals surface area contributed by atoms with Crippen LogP contribution in [0.3, 0.4) is 0 Å². The van der Waals surface area contributed by atoms with Gasteiger partial charge in [-0.2, -0.15) is 0 Å². The Morgan fingerprint density at radius 1 is 1.39 bits per heavy atom. The number of hydrogen-bond donors (Lipinski definition) is 1. The third-order valence-corrected chi connectivity index (χ3v) is 2.92. The van der Waals surface area contributed by atoms with Gasteiger partial charge < -0.3 is 10.1 Å². The largest absolute Gasteiger partial charge is 0.464 e. The van der Waals surface area contributed by atoms with Crippen molar-refractivity contribution in [1.82, 2.24) is 5.32 Å². The molecular weight excluding hydrogens is 250 g/mol. The van der Waals surface area contributed by atoms with E-state index >= 15 is 0 Å². The van der Waals surface area contributed by atoms with Crippen molar-refractivity contribution in [2.45, 2.75) is 32.7 Å². The highest BCUT2D eigenvalue weighted by Gasteiger charge is 2.01. The molecule has 0 unspecified atom stereocenters. The molecule has 0 aromatic heterocycles. The summed E-state index contributed by atoms with van der Waals surface area (Å²) < 4.78 is 5.08. The van der Waals surface area contributed by atoms with Crippen molar-refractivity contribution >= 4 is 17.6 Å². The predicted octanol–water partition coefficient (Wildman–Crippen LogP) is 3.16. The summed E-state index contributed by atoms with van der Waals surface area (Å²) in [6.45, 7) is 3.79. The zero-order valence-electron chi connectivity index (χ0n) is 10.7. The van der Waals surface area contributed by atoms with Crippen LogP contribution in [0, 0.1) is 0 Å². The van der Waals surface area contributed by atoms with Gasteiger partial charge >= 0.3 is 5.97 Å². The average molecular weight is 270 g/mol. The molecule has 0 spiro atoms. The summed E-state index contributed by atoms with van der Waals surface area (Å²) in [5.41, 5.74) is 1.05. The summed E-state index contributed by atoms with van der Waals surface area (Å²) in [5, 5.41) is 3.95. The molecule has 0 aliphatic heterocycles. The van der Waals surface area contributed by atoms with Crippen molar-refractivity contribution in [2.75, 3.05) is 13.2 Å². The minimum atomic E-state index is -0.114. The molecule has 0 aliphatic carbocycles. The maximum atomic E-state index is 11.2. The van der Waals surface area contributed by atoms with Crippen LogP contribution in [0.2, 0.25) is 5.02 Å².